The van der Waals surface area contributed by atoms with E-state index >= 15 is 0 Å². The van der Waals surface area contributed by atoms with Crippen molar-refractivity contribution in [1.29, 1.82) is 0 Å². The summed E-state index contributed by atoms with van der Waals surface area (Å²) in [7, 11) is 0. The fraction of sp³-hybridized carbons (Fsp3) is 0.538. The predicted octanol–water partition coefficient (Wildman–Crippen LogP) is 2.93. The van der Waals surface area contributed by atoms with E-state index in [1.165, 1.54) is 0 Å². The topological polar surface area (TPSA) is 33.4 Å². The summed E-state index contributed by atoms with van der Waals surface area (Å²) in [5, 5.41) is 5.02. The molecule has 0 fully saturated rings. The van der Waals surface area contributed by atoms with Gasteiger partial charge in [-0.25, -0.2) is 4.98 Å². The minimum absolute atomic E-state index is 0.553. The van der Waals surface area contributed by atoms with Crippen molar-refractivity contribution in [3.8, 4) is 0 Å². The van der Waals surface area contributed by atoms with Crippen LogP contribution in [0.15, 0.2) is 12.3 Å². The van der Waals surface area contributed by atoms with E-state index in [1.54, 1.807) is 6.20 Å². The van der Waals surface area contributed by atoms with Crippen LogP contribution in [0.25, 0.3) is 5.65 Å². The summed E-state index contributed by atoms with van der Waals surface area (Å²) in [6.45, 7) is 5.48. The van der Waals surface area contributed by atoms with Crippen LogP contribution in [-0.2, 0) is 6.42 Å². The molecule has 1 aliphatic rings. The van der Waals surface area contributed by atoms with Crippen molar-refractivity contribution in [2.45, 2.75) is 39.2 Å². The van der Waals surface area contributed by atoms with Crippen molar-refractivity contribution < 1.29 is 0 Å². The maximum Gasteiger partial charge on any atom is 0.159 e. The number of aromatic nitrogens is 3. The summed E-state index contributed by atoms with van der Waals surface area (Å²) in [4.78, 5) is 6.83. The molecule has 3 rings (SSSR count). The van der Waals surface area contributed by atoms with E-state index < -0.39 is 0 Å². The minimum Gasteiger partial charge on any atom is -0.353 e. The van der Waals surface area contributed by atoms with Crippen molar-refractivity contribution in [2.75, 3.05) is 11.4 Å². The largest absolute Gasteiger partial charge is 0.353 e. The van der Waals surface area contributed by atoms with Gasteiger partial charge in [-0.2, -0.15) is 9.61 Å². The van der Waals surface area contributed by atoms with Gasteiger partial charge < -0.3 is 4.90 Å². The first-order chi connectivity index (χ1) is 8.76. The molecule has 0 N–H and O–H groups in total. The average molecular weight is 265 g/mol. The lowest BCUT2D eigenvalue weighted by Crippen LogP contribution is -2.34. The van der Waals surface area contributed by atoms with Crippen LogP contribution in [0.1, 0.15) is 32.3 Å². The molecule has 0 saturated heterocycles. The van der Waals surface area contributed by atoms with Gasteiger partial charge in [-0.3, -0.25) is 0 Å². The molecule has 0 atom stereocenters. The lowest BCUT2D eigenvalue weighted by molar-refractivity contribution is 0.563. The second kappa shape index (κ2) is 4.43. The van der Waals surface area contributed by atoms with Gasteiger partial charge >= 0.3 is 0 Å². The van der Waals surface area contributed by atoms with Crippen molar-refractivity contribution in [3.63, 3.8) is 0 Å². The van der Waals surface area contributed by atoms with Crippen LogP contribution in [0.2, 0.25) is 5.15 Å². The normalized spacial score (nSPS) is 14.8. The molecule has 18 heavy (non-hydrogen) atoms. The Labute approximate surface area is 112 Å². The molecule has 0 radical (unpaired) electrons. The van der Waals surface area contributed by atoms with Gasteiger partial charge in [-0.05, 0) is 19.3 Å². The van der Waals surface area contributed by atoms with Crippen molar-refractivity contribution >= 4 is 23.1 Å². The van der Waals surface area contributed by atoms with Crippen LogP contribution in [0.4, 0.5) is 5.82 Å². The molecule has 4 nitrogen and oxygen atoms in total. The zero-order chi connectivity index (χ0) is 12.7. The SMILES string of the molecule is CCC(CC)N1CCc2c(Cl)nc3ccnn3c21. The molecular formula is C13H17ClN4. The monoisotopic (exact) mass is 264 g/mol. The molecule has 3 heterocycles. The number of hydrogen-bond acceptors (Lipinski definition) is 3. The quantitative estimate of drug-likeness (QED) is 0.800. The van der Waals surface area contributed by atoms with E-state index in [-0.39, 0.29) is 0 Å². The van der Waals surface area contributed by atoms with E-state index in [1.807, 2.05) is 10.6 Å². The van der Waals surface area contributed by atoms with Crippen molar-refractivity contribution in [2.24, 2.45) is 0 Å². The van der Waals surface area contributed by atoms with Crippen LogP contribution in [0.3, 0.4) is 0 Å². The number of fused-ring (bicyclic) bond motifs is 3. The molecular weight excluding hydrogens is 248 g/mol. The first-order valence-electron chi connectivity index (χ1n) is 6.55. The van der Waals surface area contributed by atoms with E-state index in [2.05, 4.69) is 28.8 Å². The van der Waals surface area contributed by atoms with Crippen molar-refractivity contribution in [3.05, 3.63) is 23.0 Å². The molecule has 0 aliphatic carbocycles. The number of halogens is 1. The maximum atomic E-state index is 6.28. The standard InChI is InChI=1S/C13H17ClN4/c1-3-9(4-2)17-8-6-10-12(14)16-11-5-7-15-18(11)13(10)17/h5,7,9H,3-4,6,8H2,1-2H3. The second-order valence-electron chi connectivity index (χ2n) is 4.72. The molecule has 0 saturated carbocycles. The summed E-state index contributed by atoms with van der Waals surface area (Å²) >= 11 is 6.28. The molecule has 0 spiro atoms. The summed E-state index contributed by atoms with van der Waals surface area (Å²) in [5.74, 6) is 1.14. The lowest BCUT2D eigenvalue weighted by atomic mass is 10.1. The number of nitrogens with zero attached hydrogens (tertiary/aromatic N) is 4. The molecule has 0 bridgehead atoms. The highest BCUT2D eigenvalue weighted by Crippen LogP contribution is 2.35. The molecule has 2 aromatic rings. The van der Waals surface area contributed by atoms with Gasteiger partial charge in [-0.1, -0.05) is 25.4 Å². The Morgan fingerprint density at radius 1 is 1.39 bits per heavy atom. The fourth-order valence-corrected chi connectivity index (χ4v) is 3.13. The number of rotatable bonds is 3. The Bertz CT molecular complexity index is 574. The fourth-order valence-electron chi connectivity index (χ4n) is 2.87. The Hall–Kier alpha value is -1.29. The lowest BCUT2D eigenvalue weighted by Gasteiger charge is -2.28. The van der Waals surface area contributed by atoms with Crippen LogP contribution >= 0.6 is 11.6 Å². The van der Waals surface area contributed by atoms with E-state index in [0.29, 0.717) is 11.2 Å². The first-order valence-corrected chi connectivity index (χ1v) is 6.92. The average Bonchev–Trinajstić information content (AvgIpc) is 2.97. The highest BCUT2D eigenvalue weighted by molar-refractivity contribution is 6.30. The van der Waals surface area contributed by atoms with Gasteiger partial charge in [0.15, 0.2) is 5.65 Å². The number of anilines is 1. The van der Waals surface area contributed by atoms with Gasteiger partial charge in [0.25, 0.3) is 0 Å². The zero-order valence-electron chi connectivity index (χ0n) is 10.7. The van der Waals surface area contributed by atoms with Gasteiger partial charge in [-0.15, -0.1) is 0 Å². The van der Waals surface area contributed by atoms with E-state index in [0.717, 1.165) is 42.8 Å². The molecule has 1 aliphatic heterocycles. The molecule has 96 valence electrons. The molecule has 0 amide bonds. The van der Waals surface area contributed by atoms with E-state index in [4.69, 9.17) is 11.6 Å². The third kappa shape index (κ3) is 1.59. The smallest absolute Gasteiger partial charge is 0.159 e. The summed E-state index contributed by atoms with van der Waals surface area (Å²) < 4.78 is 1.92. The van der Waals surface area contributed by atoms with Crippen LogP contribution in [0.5, 0.6) is 0 Å². The van der Waals surface area contributed by atoms with Crippen molar-refractivity contribution in [1.82, 2.24) is 14.6 Å². The Morgan fingerprint density at radius 3 is 2.89 bits per heavy atom. The highest BCUT2D eigenvalue weighted by Gasteiger charge is 2.29. The summed E-state index contributed by atoms with van der Waals surface area (Å²) in [6, 6.07) is 2.45. The maximum absolute atomic E-state index is 6.28. The van der Waals surface area contributed by atoms with Gasteiger partial charge in [0.1, 0.15) is 11.0 Å². The molecule has 0 aromatic carbocycles. The Morgan fingerprint density at radius 2 is 2.17 bits per heavy atom. The first kappa shape index (κ1) is 11.8. The third-order valence-corrected chi connectivity index (χ3v) is 4.13. The predicted molar refractivity (Wildman–Crippen MR) is 73.4 cm³/mol. The third-order valence-electron chi connectivity index (χ3n) is 3.81. The highest BCUT2D eigenvalue weighted by atomic mass is 35.5. The van der Waals surface area contributed by atoms with Crippen LogP contribution < -0.4 is 4.90 Å². The van der Waals surface area contributed by atoms with Gasteiger partial charge in [0.05, 0.1) is 6.20 Å². The second-order valence-corrected chi connectivity index (χ2v) is 5.08. The zero-order valence-corrected chi connectivity index (χ0v) is 11.5. The summed E-state index contributed by atoms with van der Waals surface area (Å²) in [5.41, 5.74) is 1.97. The summed E-state index contributed by atoms with van der Waals surface area (Å²) in [6.07, 6.45) is 5.02. The van der Waals surface area contributed by atoms with Gasteiger partial charge in [0, 0.05) is 24.2 Å². The van der Waals surface area contributed by atoms with Crippen LogP contribution in [-0.4, -0.2) is 27.2 Å². The van der Waals surface area contributed by atoms with Crippen LogP contribution in [0, 0.1) is 0 Å². The van der Waals surface area contributed by atoms with Gasteiger partial charge in [0.2, 0.25) is 0 Å². The Kier molecular flexibility index (Phi) is 2.90. The minimum atomic E-state index is 0.553. The Balaban J connectivity index is 2.19. The molecule has 5 heteroatoms. The van der Waals surface area contributed by atoms with E-state index in [9.17, 15) is 0 Å². The number of hydrogen-bond donors (Lipinski definition) is 0. The molecule has 0 unspecified atom stereocenters. The molecule has 2 aromatic heterocycles.